The molecule has 3 heteroatoms. The third-order valence-corrected chi connectivity index (χ3v) is 10.2. The van der Waals surface area contributed by atoms with Crippen molar-refractivity contribution in [2.75, 3.05) is 0 Å². The van der Waals surface area contributed by atoms with Crippen LogP contribution >= 0.6 is 0 Å². The van der Waals surface area contributed by atoms with Gasteiger partial charge in [0.1, 0.15) is 12.2 Å². The van der Waals surface area contributed by atoms with E-state index in [1.807, 2.05) is 0 Å². The van der Waals surface area contributed by atoms with E-state index >= 15 is 0 Å². The smallest absolute Gasteiger partial charge is 0.350 e. The molecule has 1 saturated heterocycles. The van der Waals surface area contributed by atoms with Crippen molar-refractivity contribution < 1.29 is 8.85 Å². The van der Waals surface area contributed by atoms with Crippen LogP contribution in [0.4, 0.5) is 0 Å². The van der Waals surface area contributed by atoms with Crippen molar-refractivity contribution in [1.82, 2.24) is 0 Å². The third-order valence-electron chi connectivity index (χ3n) is 5.09. The van der Waals surface area contributed by atoms with Gasteiger partial charge in [0.2, 0.25) is 0 Å². The van der Waals surface area contributed by atoms with Gasteiger partial charge in [0.25, 0.3) is 0 Å². The predicted molar refractivity (Wildman–Crippen MR) is 106 cm³/mol. The lowest BCUT2D eigenvalue weighted by Gasteiger charge is -2.45. The second kappa shape index (κ2) is 6.38. The molecule has 0 spiro atoms. The topological polar surface area (TPSA) is 18.5 Å². The van der Waals surface area contributed by atoms with Crippen LogP contribution in [0.15, 0.2) is 60.7 Å². The fraction of sp³-hybridized carbons (Fsp3) is 0.455. The van der Waals surface area contributed by atoms with Crippen LogP contribution in [0, 0.1) is 0 Å². The number of hydrogen-bond acceptors (Lipinski definition) is 2. The lowest BCUT2D eigenvalue weighted by atomic mass is 9.99. The van der Waals surface area contributed by atoms with Gasteiger partial charge >= 0.3 is 8.56 Å². The van der Waals surface area contributed by atoms with E-state index in [0.29, 0.717) is 0 Å². The molecule has 0 aliphatic carbocycles. The third kappa shape index (κ3) is 3.21. The van der Waals surface area contributed by atoms with E-state index in [9.17, 15) is 0 Å². The second-order valence-electron chi connectivity index (χ2n) is 9.01. The quantitative estimate of drug-likeness (QED) is 0.569. The Morgan fingerprint density at radius 1 is 0.600 bits per heavy atom. The van der Waals surface area contributed by atoms with E-state index in [1.54, 1.807) is 0 Å². The van der Waals surface area contributed by atoms with E-state index in [1.165, 1.54) is 11.1 Å². The minimum absolute atomic E-state index is 0.0260. The molecule has 2 nitrogen and oxygen atoms in total. The molecule has 0 radical (unpaired) electrons. The zero-order valence-electron chi connectivity index (χ0n) is 16.2. The predicted octanol–water partition coefficient (Wildman–Crippen LogP) is 6.56. The molecule has 0 bridgehead atoms. The number of benzene rings is 2. The highest BCUT2D eigenvalue weighted by Gasteiger charge is 2.65. The van der Waals surface area contributed by atoms with Gasteiger partial charge in [0.15, 0.2) is 0 Å². The first kappa shape index (κ1) is 18.4. The summed E-state index contributed by atoms with van der Waals surface area (Å²) >= 11 is 0. The van der Waals surface area contributed by atoms with Crippen molar-refractivity contribution >= 4 is 8.56 Å². The van der Waals surface area contributed by atoms with Gasteiger partial charge in [-0.15, -0.1) is 0 Å². The summed E-state index contributed by atoms with van der Waals surface area (Å²) in [4.78, 5) is 0. The van der Waals surface area contributed by atoms with Crippen LogP contribution < -0.4 is 0 Å². The Balaban J connectivity index is 2.12. The summed E-state index contributed by atoms with van der Waals surface area (Å²) in [5.41, 5.74) is 2.39. The molecule has 2 aromatic carbocycles. The molecule has 3 rings (SSSR count). The van der Waals surface area contributed by atoms with Gasteiger partial charge in [-0.2, -0.15) is 0 Å². The number of hydrogen-bond donors (Lipinski definition) is 0. The van der Waals surface area contributed by atoms with Crippen LogP contribution in [-0.2, 0) is 8.85 Å². The summed E-state index contributed by atoms with van der Waals surface area (Å²) in [7, 11) is -2.53. The van der Waals surface area contributed by atoms with Crippen molar-refractivity contribution in [2.24, 2.45) is 0 Å². The van der Waals surface area contributed by atoms with Crippen molar-refractivity contribution in [2.45, 2.75) is 63.8 Å². The maximum atomic E-state index is 6.95. The summed E-state index contributed by atoms with van der Waals surface area (Å²) in [5.74, 6) is 0. The highest BCUT2D eigenvalue weighted by atomic mass is 28.4. The van der Waals surface area contributed by atoms with Gasteiger partial charge in [0, 0.05) is 10.1 Å². The average Bonchev–Trinajstić information content (AvgIpc) is 2.98. The molecule has 2 aromatic rings. The molecule has 2 atom stereocenters. The van der Waals surface area contributed by atoms with Crippen molar-refractivity contribution in [3.63, 3.8) is 0 Å². The van der Waals surface area contributed by atoms with Crippen LogP contribution in [0.25, 0.3) is 0 Å². The number of rotatable bonds is 2. The van der Waals surface area contributed by atoms with Gasteiger partial charge in [0.05, 0.1) is 0 Å². The van der Waals surface area contributed by atoms with Crippen LogP contribution in [0.1, 0.15) is 64.9 Å². The first-order valence-corrected chi connectivity index (χ1v) is 10.9. The summed E-state index contributed by atoms with van der Waals surface area (Å²) in [6.07, 6.45) is -0.123. The molecule has 25 heavy (non-hydrogen) atoms. The summed E-state index contributed by atoms with van der Waals surface area (Å²) in [6.45, 7) is 13.6. The van der Waals surface area contributed by atoms with E-state index in [4.69, 9.17) is 8.85 Å². The minimum atomic E-state index is -2.53. The van der Waals surface area contributed by atoms with Crippen LogP contribution in [0.3, 0.4) is 0 Å². The second-order valence-corrected chi connectivity index (χ2v) is 13.7. The first-order valence-electron chi connectivity index (χ1n) is 9.11. The fourth-order valence-electron chi connectivity index (χ4n) is 4.11. The molecule has 0 N–H and O–H groups in total. The van der Waals surface area contributed by atoms with Gasteiger partial charge in [-0.3, -0.25) is 0 Å². The highest BCUT2D eigenvalue weighted by molar-refractivity contribution is 6.74. The normalized spacial score (nSPS) is 23.6. The zero-order chi connectivity index (χ0) is 18.3. The standard InChI is InChI=1S/C22H30O2Si/c1-21(2,3)25(22(4,5)6)23-19(17-13-9-7-10-14-17)20(24-25)18-15-11-8-12-16-18/h7-16,19-20H,1-6H3/t19-,20-/m1/s1. The Bertz CT molecular complexity index is 635. The lowest BCUT2D eigenvalue weighted by Crippen LogP contribution is -2.53. The van der Waals surface area contributed by atoms with Crippen molar-refractivity contribution in [1.29, 1.82) is 0 Å². The maximum absolute atomic E-state index is 6.95. The van der Waals surface area contributed by atoms with Crippen LogP contribution in [-0.4, -0.2) is 8.56 Å². The van der Waals surface area contributed by atoms with Gasteiger partial charge in [-0.25, -0.2) is 0 Å². The van der Waals surface area contributed by atoms with Gasteiger partial charge in [-0.1, -0.05) is 102 Å². The fourth-order valence-corrected chi connectivity index (χ4v) is 9.07. The van der Waals surface area contributed by atoms with E-state index in [2.05, 4.69) is 102 Å². The largest absolute Gasteiger partial charge is 0.383 e. The summed E-state index contributed by atoms with van der Waals surface area (Å²) < 4.78 is 13.9. The molecule has 0 amide bonds. The van der Waals surface area contributed by atoms with E-state index < -0.39 is 8.56 Å². The Morgan fingerprint density at radius 2 is 0.920 bits per heavy atom. The molecule has 1 aliphatic rings. The van der Waals surface area contributed by atoms with Gasteiger partial charge in [-0.05, 0) is 11.1 Å². The molecule has 1 fully saturated rings. The van der Waals surface area contributed by atoms with Crippen molar-refractivity contribution in [3.05, 3.63) is 71.8 Å². The molecule has 134 valence electrons. The van der Waals surface area contributed by atoms with E-state index in [-0.39, 0.29) is 22.3 Å². The Hall–Kier alpha value is -1.42. The maximum Gasteiger partial charge on any atom is 0.350 e. The Kier molecular flexibility index (Phi) is 4.69. The molecule has 0 unspecified atom stereocenters. The Labute approximate surface area is 153 Å². The molecular formula is C22H30O2Si. The van der Waals surface area contributed by atoms with Crippen molar-refractivity contribution in [3.8, 4) is 0 Å². The zero-order valence-corrected chi connectivity index (χ0v) is 17.2. The average molecular weight is 355 g/mol. The highest BCUT2D eigenvalue weighted by Crippen LogP contribution is 2.61. The summed E-state index contributed by atoms with van der Waals surface area (Å²) in [5, 5.41) is -0.0520. The molecular weight excluding hydrogens is 324 g/mol. The molecule has 0 saturated carbocycles. The molecule has 1 aliphatic heterocycles. The summed E-state index contributed by atoms with van der Waals surface area (Å²) in [6, 6.07) is 21.0. The lowest BCUT2D eigenvalue weighted by molar-refractivity contribution is 0.159. The Morgan fingerprint density at radius 3 is 1.20 bits per heavy atom. The molecule has 0 aromatic heterocycles. The SMILES string of the molecule is CC(C)(C)[Si]1(C(C)(C)C)O[C@H](c2ccccc2)[C@@H](c2ccccc2)O1. The minimum Gasteiger partial charge on any atom is -0.383 e. The van der Waals surface area contributed by atoms with Gasteiger partial charge < -0.3 is 8.85 Å². The molecule has 1 heterocycles. The van der Waals surface area contributed by atoms with Crippen LogP contribution in [0.5, 0.6) is 0 Å². The monoisotopic (exact) mass is 354 g/mol. The van der Waals surface area contributed by atoms with Crippen LogP contribution in [0.2, 0.25) is 10.1 Å². The van der Waals surface area contributed by atoms with E-state index in [0.717, 1.165) is 0 Å². The first-order chi connectivity index (χ1) is 11.7.